The molecule has 8 nitrogen and oxygen atoms in total. The van der Waals surface area contributed by atoms with Gasteiger partial charge in [0.25, 0.3) is 0 Å². The molecular weight excluding hydrogens is 412 g/mol. The van der Waals surface area contributed by atoms with Crippen molar-refractivity contribution >= 4 is 17.9 Å². The van der Waals surface area contributed by atoms with E-state index in [2.05, 4.69) is 13.5 Å². The zero-order valence-corrected chi connectivity index (χ0v) is 18.9. The maximum atomic E-state index is 12.0. The van der Waals surface area contributed by atoms with Crippen LogP contribution in [0.3, 0.4) is 0 Å². The summed E-state index contributed by atoms with van der Waals surface area (Å²) in [6, 6.07) is 0. The van der Waals surface area contributed by atoms with Gasteiger partial charge in [-0.25, -0.2) is 4.79 Å². The molecule has 0 bridgehead atoms. The molecule has 2 fully saturated rings. The first-order chi connectivity index (χ1) is 15.2. The number of carbonyl (C=O) groups is 3. The normalized spacial score (nSPS) is 34.6. The van der Waals surface area contributed by atoms with Gasteiger partial charge in [-0.05, 0) is 43.1 Å². The van der Waals surface area contributed by atoms with Crippen LogP contribution in [0.15, 0.2) is 36.0 Å². The molecule has 5 atom stereocenters. The molecule has 3 rings (SSSR count). The predicted octanol–water partition coefficient (Wildman–Crippen LogP) is 1.79. The van der Waals surface area contributed by atoms with Crippen LogP contribution in [-0.4, -0.2) is 50.3 Å². The van der Waals surface area contributed by atoms with Crippen LogP contribution in [-0.2, 0) is 28.6 Å². The molecule has 4 N–H and O–H groups in total. The van der Waals surface area contributed by atoms with Gasteiger partial charge in [0, 0.05) is 11.3 Å². The minimum absolute atomic E-state index is 0.0197. The van der Waals surface area contributed by atoms with Crippen molar-refractivity contribution in [3.63, 3.8) is 0 Å². The summed E-state index contributed by atoms with van der Waals surface area (Å²) in [4.78, 5) is 35.8. The van der Waals surface area contributed by atoms with Gasteiger partial charge in [0.05, 0.1) is 18.7 Å². The highest BCUT2D eigenvalue weighted by Gasteiger charge is 2.59. The maximum absolute atomic E-state index is 12.0. The number of rotatable bonds is 7. The second kappa shape index (κ2) is 9.58. The Labute approximate surface area is 189 Å². The van der Waals surface area contributed by atoms with Crippen molar-refractivity contribution in [1.82, 2.24) is 0 Å². The van der Waals surface area contributed by atoms with Gasteiger partial charge >= 0.3 is 17.9 Å². The highest BCUT2D eigenvalue weighted by atomic mass is 16.6. The van der Waals surface area contributed by atoms with Gasteiger partial charge < -0.3 is 25.7 Å². The molecule has 0 aromatic rings. The standard InChI is InChI=1S/C24H34N2O6/c1-15-4-7-18-23(2,17(15)6-5-16-9-11-30-22(16)29)10-8-19(32-21(28)13-26)24(18,3)14-31-20(27)12-25/h5-6,9,17-19H,1,4,7-8,10-14,25-26H2,2-3H3/b6-5+/t17-,18?,19-,23+,24+/m1/s1. The Morgan fingerprint density at radius 3 is 2.59 bits per heavy atom. The first-order valence-corrected chi connectivity index (χ1v) is 11.1. The minimum Gasteiger partial charge on any atom is -0.464 e. The van der Waals surface area contributed by atoms with Crippen LogP contribution in [0.25, 0.3) is 0 Å². The van der Waals surface area contributed by atoms with Crippen molar-refractivity contribution in [2.24, 2.45) is 34.1 Å². The molecule has 32 heavy (non-hydrogen) atoms. The summed E-state index contributed by atoms with van der Waals surface area (Å²) in [5, 5.41) is 0. The smallest absolute Gasteiger partial charge is 0.338 e. The van der Waals surface area contributed by atoms with E-state index < -0.39 is 23.5 Å². The minimum atomic E-state index is -0.610. The molecule has 0 aromatic carbocycles. The molecule has 0 saturated heterocycles. The average molecular weight is 447 g/mol. The number of cyclic esters (lactones) is 1. The van der Waals surface area contributed by atoms with Crippen molar-refractivity contribution in [2.45, 2.75) is 45.6 Å². The number of carbonyl (C=O) groups excluding carboxylic acids is 3. The zero-order chi connectivity index (χ0) is 23.5. The number of fused-ring (bicyclic) bond motifs is 1. The molecule has 1 aliphatic heterocycles. The Morgan fingerprint density at radius 2 is 1.97 bits per heavy atom. The van der Waals surface area contributed by atoms with Gasteiger partial charge in [-0.15, -0.1) is 0 Å². The Morgan fingerprint density at radius 1 is 1.25 bits per heavy atom. The van der Waals surface area contributed by atoms with E-state index >= 15 is 0 Å². The van der Waals surface area contributed by atoms with Crippen LogP contribution in [0.4, 0.5) is 0 Å². The third-order valence-corrected chi connectivity index (χ3v) is 7.55. The van der Waals surface area contributed by atoms with Crippen LogP contribution in [0.2, 0.25) is 0 Å². The van der Waals surface area contributed by atoms with Crippen LogP contribution in [0.1, 0.15) is 39.5 Å². The largest absolute Gasteiger partial charge is 0.464 e. The van der Waals surface area contributed by atoms with E-state index in [0.29, 0.717) is 18.6 Å². The molecule has 0 aromatic heterocycles. The average Bonchev–Trinajstić information content (AvgIpc) is 3.18. The van der Waals surface area contributed by atoms with Crippen LogP contribution < -0.4 is 11.5 Å². The second-order valence-electron chi connectivity index (χ2n) is 9.44. The highest BCUT2D eigenvalue weighted by Crippen LogP contribution is 2.62. The molecule has 0 radical (unpaired) electrons. The van der Waals surface area contributed by atoms with Gasteiger partial charge in [-0.2, -0.15) is 0 Å². The fourth-order valence-electron chi connectivity index (χ4n) is 5.86. The second-order valence-corrected chi connectivity index (χ2v) is 9.44. The van der Waals surface area contributed by atoms with Gasteiger partial charge in [0.15, 0.2) is 0 Å². The lowest BCUT2D eigenvalue weighted by Crippen LogP contribution is -2.58. The molecule has 0 amide bonds. The molecule has 1 unspecified atom stereocenters. The number of esters is 3. The van der Waals surface area contributed by atoms with Crippen molar-refractivity contribution in [3.05, 3.63) is 36.0 Å². The summed E-state index contributed by atoms with van der Waals surface area (Å²) in [6.45, 7) is 8.53. The molecule has 3 aliphatic rings. The van der Waals surface area contributed by atoms with Crippen molar-refractivity contribution in [1.29, 1.82) is 0 Å². The van der Waals surface area contributed by atoms with Crippen LogP contribution >= 0.6 is 0 Å². The topological polar surface area (TPSA) is 131 Å². The molecule has 2 saturated carbocycles. The number of allylic oxidation sites excluding steroid dienone is 2. The number of ether oxygens (including phenoxy) is 3. The predicted molar refractivity (Wildman–Crippen MR) is 118 cm³/mol. The summed E-state index contributed by atoms with van der Waals surface area (Å²) >= 11 is 0. The van der Waals surface area contributed by atoms with Gasteiger partial charge in [0.2, 0.25) is 0 Å². The summed E-state index contributed by atoms with van der Waals surface area (Å²) in [6.07, 6.45) is 8.23. The van der Waals surface area contributed by atoms with E-state index in [0.717, 1.165) is 24.8 Å². The van der Waals surface area contributed by atoms with E-state index in [1.54, 1.807) is 6.08 Å². The first-order valence-electron chi connectivity index (χ1n) is 11.1. The lowest BCUT2D eigenvalue weighted by atomic mass is 9.46. The molecule has 1 heterocycles. The molecule has 0 spiro atoms. The van der Waals surface area contributed by atoms with E-state index in [9.17, 15) is 14.4 Å². The monoisotopic (exact) mass is 446 g/mol. The van der Waals surface area contributed by atoms with Crippen molar-refractivity contribution in [2.75, 3.05) is 26.3 Å². The number of nitrogens with two attached hydrogens (primary N) is 2. The third kappa shape index (κ3) is 4.52. The van der Waals surface area contributed by atoms with Crippen LogP contribution in [0, 0.1) is 22.7 Å². The lowest BCUT2D eigenvalue weighted by molar-refractivity contribution is -0.190. The Balaban J connectivity index is 1.93. The number of hydrogen-bond acceptors (Lipinski definition) is 8. The summed E-state index contributed by atoms with van der Waals surface area (Å²) in [7, 11) is 0. The van der Waals surface area contributed by atoms with E-state index in [1.165, 1.54) is 0 Å². The quantitative estimate of drug-likeness (QED) is 0.344. The maximum Gasteiger partial charge on any atom is 0.338 e. The van der Waals surface area contributed by atoms with Crippen molar-refractivity contribution < 1.29 is 28.6 Å². The summed E-state index contributed by atoms with van der Waals surface area (Å²) < 4.78 is 16.2. The van der Waals surface area contributed by atoms with Crippen LogP contribution in [0.5, 0.6) is 0 Å². The fourth-order valence-corrected chi connectivity index (χ4v) is 5.86. The number of hydrogen-bond donors (Lipinski definition) is 2. The van der Waals surface area contributed by atoms with Gasteiger partial charge in [-0.1, -0.05) is 38.2 Å². The first kappa shape index (κ1) is 24.2. The Kier molecular flexibility index (Phi) is 7.25. The lowest BCUT2D eigenvalue weighted by Gasteiger charge is -2.59. The Bertz CT molecular complexity index is 849. The SMILES string of the molecule is C=C1CCC2[C@](C)(COC(=O)CN)[C@H](OC(=O)CN)CC[C@@]2(C)[C@@H]1/C=C/C1=CCOC1=O. The Hall–Kier alpha value is -2.45. The summed E-state index contributed by atoms with van der Waals surface area (Å²) in [5.41, 5.74) is 11.8. The summed E-state index contributed by atoms with van der Waals surface area (Å²) in [5.74, 6) is -1.19. The van der Waals surface area contributed by atoms with E-state index in [-0.39, 0.29) is 42.9 Å². The van der Waals surface area contributed by atoms with E-state index in [4.69, 9.17) is 25.7 Å². The van der Waals surface area contributed by atoms with E-state index in [1.807, 2.05) is 19.1 Å². The fraction of sp³-hybridized carbons (Fsp3) is 0.625. The van der Waals surface area contributed by atoms with Gasteiger partial charge in [-0.3, -0.25) is 9.59 Å². The molecule has 2 aliphatic carbocycles. The third-order valence-electron chi connectivity index (χ3n) is 7.55. The highest BCUT2D eigenvalue weighted by molar-refractivity contribution is 5.93. The molecule has 8 heteroatoms. The molecular formula is C24H34N2O6. The molecule has 176 valence electrons. The van der Waals surface area contributed by atoms with Crippen molar-refractivity contribution in [3.8, 4) is 0 Å². The zero-order valence-electron chi connectivity index (χ0n) is 18.9. The van der Waals surface area contributed by atoms with Gasteiger partial charge in [0.1, 0.15) is 19.3 Å².